The third kappa shape index (κ3) is 3.85. The van der Waals surface area contributed by atoms with Crippen LogP contribution in [-0.4, -0.2) is 49.2 Å². The fourth-order valence-corrected chi connectivity index (χ4v) is 3.02. The number of rotatable bonds is 4. The number of nitrogens with zero attached hydrogens (tertiary/aromatic N) is 1. The summed E-state index contributed by atoms with van der Waals surface area (Å²) in [6.45, 7) is 1.98. The van der Waals surface area contributed by atoms with Crippen molar-refractivity contribution in [2.75, 3.05) is 31.1 Å². The number of benzene rings is 1. The number of nitrogens with one attached hydrogen (secondary N) is 2. The van der Waals surface area contributed by atoms with Crippen LogP contribution in [0.5, 0.6) is 0 Å². The summed E-state index contributed by atoms with van der Waals surface area (Å²) in [6.07, 6.45) is 0.740. The molecule has 0 bridgehead atoms. The molecule has 0 saturated carbocycles. The predicted octanol–water partition coefficient (Wildman–Crippen LogP) is 0.684. The van der Waals surface area contributed by atoms with Crippen LogP contribution >= 0.6 is 12.4 Å². The molecule has 24 heavy (non-hydrogen) atoms. The first-order chi connectivity index (χ1) is 11.1. The first-order valence-electron chi connectivity index (χ1n) is 7.83. The van der Waals surface area contributed by atoms with Crippen molar-refractivity contribution in [3.05, 3.63) is 29.6 Å². The van der Waals surface area contributed by atoms with E-state index in [1.54, 1.807) is 4.90 Å². The zero-order valence-electron chi connectivity index (χ0n) is 13.1. The van der Waals surface area contributed by atoms with Crippen LogP contribution < -0.4 is 15.5 Å². The SMILES string of the molecule is Cl.O=C(NCC1CNCC1O)c1cc(N2CCCC2=O)ccc1F. The van der Waals surface area contributed by atoms with Crippen LogP contribution in [0, 0.1) is 11.7 Å². The van der Waals surface area contributed by atoms with Crippen molar-refractivity contribution in [2.45, 2.75) is 18.9 Å². The van der Waals surface area contributed by atoms with Gasteiger partial charge < -0.3 is 20.6 Å². The van der Waals surface area contributed by atoms with E-state index < -0.39 is 17.8 Å². The van der Waals surface area contributed by atoms with Crippen LogP contribution in [0.4, 0.5) is 10.1 Å². The molecular formula is C16H21ClFN3O3. The molecule has 8 heteroatoms. The van der Waals surface area contributed by atoms with E-state index in [1.807, 2.05) is 0 Å². The Morgan fingerprint density at radius 1 is 1.42 bits per heavy atom. The standard InChI is InChI=1S/C16H20FN3O3.ClH/c17-13-4-3-11(20-5-1-2-15(20)22)6-12(13)16(23)19-8-10-7-18-9-14(10)21;/h3-4,6,10,14,18,21H,1-2,5,7-9H2,(H,19,23);1H. The molecule has 0 aliphatic carbocycles. The smallest absolute Gasteiger partial charge is 0.254 e. The van der Waals surface area contributed by atoms with Gasteiger partial charge in [-0.1, -0.05) is 0 Å². The van der Waals surface area contributed by atoms with Crippen molar-refractivity contribution in [3.8, 4) is 0 Å². The summed E-state index contributed by atoms with van der Waals surface area (Å²) >= 11 is 0. The minimum absolute atomic E-state index is 0. The topological polar surface area (TPSA) is 81.7 Å². The lowest BCUT2D eigenvalue weighted by Gasteiger charge is -2.18. The maximum atomic E-state index is 14.0. The maximum Gasteiger partial charge on any atom is 0.254 e. The number of anilines is 1. The molecule has 132 valence electrons. The number of carbonyl (C=O) groups is 2. The highest BCUT2D eigenvalue weighted by atomic mass is 35.5. The molecule has 0 aromatic heterocycles. The van der Waals surface area contributed by atoms with E-state index in [1.165, 1.54) is 18.2 Å². The highest BCUT2D eigenvalue weighted by Gasteiger charge is 2.26. The number of amides is 2. The Kier molecular flexibility index (Phi) is 6.15. The predicted molar refractivity (Wildman–Crippen MR) is 89.9 cm³/mol. The van der Waals surface area contributed by atoms with E-state index in [2.05, 4.69) is 10.6 Å². The van der Waals surface area contributed by atoms with Crippen LogP contribution in [-0.2, 0) is 4.79 Å². The summed E-state index contributed by atoms with van der Waals surface area (Å²) in [6, 6.07) is 4.14. The number of β-amino-alcohol motifs (C(OH)–C–C–N with tert-alkyl or cyclic N) is 1. The summed E-state index contributed by atoms with van der Waals surface area (Å²) in [7, 11) is 0. The van der Waals surface area contributed by atoms with Crippen molar-refractivity contribution in [2.24, 2.45) is 5.92 Å². The van der Waals surface area contributed by atoms with Gasteiger partial charge in [-0.3, -0.25) is 9.59 Å². The van der Waals surface area contributed by atoms with Gasteiger partial charge in [0.05, 0.1) is 11.7 Å². The molecule has 1 aromatic carbocycles. The number of aliphatic hydroxyl groups excluding tert-OH is 1. The number of aliphatic hydroxyl groups is 1. The van der Waals surface area contributed by atoms with Crippen LogP contribution in [0.25, 0.3) is 0 Å². The second kappa shape index (κ2) is 7.92. The third-order valence-electron chi connectivity index (χ3n) is 4.41. The van der Waals surface area contributed by atoms with E-state index in [9.17, 15) is 19.1 Å². The largest absolute Gasteiger partial charge is 0.391 e. The van der Waals surface area contributed by atoms with E-state index in [-0.39, 0.29) is 36.3 Å². The Morgan fingerprint density at radius 2 is 2.21 bits per heavy atom. The lowest BCUT2D eigenvalue weighted by molar-refractivity contribution is -0.117. The minimum atomic E-state index is -0.622. The van der Waals surface area contributed by atoms with Crippen molar-refractivity contribution in [1.82, 2.24) is 10.6 Å². The highest BCUT2D eigenvalue weighted by Crippen LogP contribution is 2.24. The zero-order valence-corrected chi connectivity index (χ0v) is 13.9. The highest BCUT2D eigenvalue weighted by molar-refractivity contribution is 5.99. The van der Waals surface area contributed by atoms with Crippen LogP contribution in [0.1, 0.15) is 23.2 Å². The molecule has 2 saturated heterocycles. The molecule has 3 rings (SSSR count). The molecule has 2 heterocycles. The quantitative estimate of drug-likeness (QED) is 0.740. The monoisotopic (exact) mass is 357 g/mol. The van der Waals surface area contributed by atoms with Gasteiger partial charge in [0, 0.05) is 44.2 Å². The molecule has 0 radical (unpaired) electrons. The Hall–Kier alpha value is -1.70. The first kappa shape index (κ1) is 18.6. The molecule has 2 atom stereocenters. The molecule has 2 fully saturated rings. The van der Waals surface area contributed by atoms with E-state index in [0.29, 0.717) is 31.7 Å². The maximum absolute atomic E-state index is 14.0. The average molecular weight is 358 g/mol. The van der Waals surface area contributed by atoms with Gasteiger partial charge in [-0.2, -0.15) is 0 Å². The van der Waals surface area contributed by atoms with Crippen molar-refractivity contribution < 1.29 is 19.1 Å². The Bertz CT molecular complexity index is 629. The van der Waals surface area contributed by atoms with Gasteiger partial charge in [0.15, 0.2) is 0 Å². The molecule has 2 aliphatic heterocycles. The van der Waals surface area contributed by atoms with Crippen molar-refractivity contribution in [3.63, 3.8) is 0 Å². The van der Waals surface area contributed by atoms with Gasteiger partial charge in [-0.15, -0.1) is 12.4 Å². The Labute approximate surface area is 145 Å². The molecule has 2 unspecified atom stereocenters. The average Bonchev–Trinajstić information content (AvgIpc) is 3.14. The number of carbonyl (C=O) groups excluding carboxylic acids is 2. The summed E-state index contributed by atoms with van der Waals surface area (Å²) in [5.41, 5.74) is 0.462. The first-order valence-corrected chi connectivity index (χ1v) is 7.83. The molecule has 2 aliphatic rings. The lowest BCUT2D eigenvalue weighted by atomic mass is 10.1. The third-order valence-corrected chi connectivity index (χ3v) is 4.41. The van der Waals surface area contributed by atoms with Crippen LogP contribution in [0.15, 0.2) is 18.2 Å². The van der Waals surface area contributed by atoms with Crippen molar-refractivity contribution >= 4 is 29.9 Å². The summed E-state index contributed by atoms with van der Waals surface area (Å²) in [4.78, 5) is 25.6. The second-order valence-electron chi connectivity index (χ2n) is 6.01. The van der Waals surface area contributed by atoms with E-state index >= 15 is 0 Å². The van der Waals surface area contributed by atoms with Gasteiger partial charge in [0.1, 0.15) is 5.82 Å². The molecule has 2 amide bonds. The van der Waals surface area contributed by atoms with Gasteiger partial charge in [0.25, 0.3) is 5.91 Å². The fraction of sp³-hybridized carbons (Fsp3) is 0.500. The van der Waals surface area contributed by atoms with E-state index in [4.69, 9.17) is 0 Å². The number of hydrogen-bond donors (Lipinski definition) is 3. The fourth-order valence-electron chi connectivity index (χ4n) is 3.02. The normalized spacial score (nSPS) is 23.2. The Balaban J connectivity index is 0.00000208. The lowest BCUT2D eigenvalue weighted by Crippen LogP contribution is -2.35. The van der Waals surface area contributed by atoms with E-state index in [0.717, 1.165) is 6.42 Å². The molecule has 6 nitrogen and oxygen atoms in total. The van der Waals surface area contributed by atoms with Crippen LogP contribution in [0.3, 0.4) is 0 Å². The second-order valence-corrected chi connectivity index (χ2v) is 6.01. The number of halogens is 2. The van der Waals surface area contributed by atoms with Gasteiger partial charge in [-0.05, 0) is 24.6 Å². The minimum Gasteiger partial charge on any atom is -0.391 e. The number of hydrogen-bond acceptors (Lipinski definition) is 4. The Morgan fingerprint density at radius 3 is 2.83 bits per heavy atom. The van der Waals surface area contributed by atoms with Gasteiger partial charge in [-0.25, -0.2) is 4.39 Å². The molecule has 0 spiro atoms. The van der Waals surface area contributed by atoms with Crippen LogP contribution in [0.2, 0.25) is 0 Å². The molecular weight excluding hydrogens is 337 g/mol. The molecule has 1 aromatic rings. The van der Waals surface area contributed by atoms with Gasteiger partial charge in [0.2, 0.25) is 5.91 Å². The molecule has 3 N–H and O–H groups in total. The summed E-state index contributed by atoms with van der Waals surface area (Å²) < 4.78 is 14.0. The summed E-state index contributed by atoms with van der Waals surface area (Å²) in [5.74, 6) is -1.24. The van der Waals surface area contributed by atoms with Crippen molar-refractivity contribution in [1.29, 1.82) is 0 Å². The van der Waals surface area contributed by atoms with Gasteiger partial charge >= 0.3 is 0 Å². The summed E-state index contributed by atoms with van der Waals surface area (Å²) in [5, 5.41) is 15.4. The zero-order chi connectivity index (χ0) is 16.4.